The number of ether oxygens (including phenoxy) is 2. The van der Waals surface area contributed by atoms with Gasteiger partial charge in [0.1, 0.15) is 18.0 Å². The lowest BCUT2D eigenvalue weighted by Gasteiger charge is -2.12. The number of halogens is 3. The molecule has 0 aliphatic heterocycles. The maximum Gasteiger partial charge on any atom is 0.405 e. The van der Waals surface area contributed by atoms with E-state index in [1.165, 1.54) is 13.2 Å². The van der Waals surface area contributed by atoms with Crippen molar-refractivity contribution in [2.24, 2.45) is 5.73 Å². The molecule has 0 aliphatic rings. The molecule has 0 bridgehead atoms. The number of carbonyl (C=O) groups is 1. The lowest BCUT2D eigenvalue weighted by molar-refractivity contribution is -0.139. The number of rotatable bonds is 6. The first kappa shape index (κ1) is 16.1. The van der Waals surface area contributed by atoms with Gasteiger partial charge in [0.2, 0.25) is 0 Å². The lowest BCUT2D eigenvalue weighted by Crippen LogP contribution is -2.36. The van der Waals surface area contributed by atoms with Gasteiger partial charge < -0.3 is 20.5 Å². The SMILES string of the molecule is COc1ccc(OCC(=O)NCC(F)(F)F)c(CN)c1. The average Bonchev–Trinajstić information content (AvgIpc) is 2.41. The summed E-state index contributed by atoms with van der Waals surface area (Å²) in [6.45, 7) is -1.76. The fourth-order valence-electron chi connectivity index (χ4n) is 1.38. The number of nitrogens with one attached hydrogen (secondary N) is 1. The van der Waals surface area contributed by atoms with E-state index in [1.807, 2.05) is 0 Å². The van der Waals surface area contributed by atoms with Crippen molar-refractivity contribution in [2.75, 3.05) is 20.3 Å². The molecule has 112 valence electrons. The number of amides is 1. The van der Waals surface area contributed by atoms with E-state index in [0.717, 1.165) is 0 Å². The van der Waals surface area contributed by atoms with Crippen LogP contribution in [0.1, 0.15) is 5.56 Å². The molecule has 0 spiro atoms. The maximum absolute atomic E-state index is 11.9. The number of hydrogen-bond acceptors (Lipinski definition) is 4. The van der Waals surface area contributed by atoms with Crippen LogP contribution in [0.4, 0.5) is 13.2 Å². The molecule has 1 aromatic rings. The van der Waals surface area contributed by atoms with Crippen molar-refractivity contribution in [1.82, 2.24) is 5.32 Å². The molecule has 8 heteroatoms. The summed E-state index contributed by atoms with van der Waals surface area (Å²) in [4.78, 5) is 11.2. The predicted molar refractivity (Wildman–Crippen MR) is 65.4 cm³/mol. The number of hydrogen-bond donors (Lipinski definition) is 2. The predicted octanol–water partition coefficient (Wildman–Crippen LogP) is 1.21. The van der Waals surface area contributed by atoms with E-state index >= 15 is 0 Å². The zero-order chi connectivity index (χ0) is 15.2. The number of methoxy groups -OCH3 is 1. The summed E-state index contributed by atoms with van der Waals surface area (Å²) in [5, 5.41) is 1.71. The van der Waals surface area contributed by atoms with Crippen LogP contribution in [-0.4, -0.2) is 32.3 Å². The summed E-state index contributed by atoms with van der Waals surface area (Å²) in [7, 11) is 1.49. The molecular weight excluding hydrogens is 277 g/mol. The number of nitrogens with two attached hydrogens (primary N) is 1. The molecule has 5 nitrogen and oxygen atoms in total. The Morgan fingerprint density at radius 3 is 2.65 bits per heavy atom. The van der Waals surface area contributed by atoms with Gasteiger partial charge in [0, 0.05) is 12.1 Å². The van der Waals surface area contributed by atoms with Gasteiger partial charge >= 0.3 is 6.18 Å². The minimum absolute atomic E-state index is 0.150. The molecule has 0 saturated heterocycles. The monoisotopic (exact) mass is 292 g/mol. The van der Waals surface area contributed by atoms with Gasteiger partial charge in [-0.2, -0.15) is 13.2 Å². The van der Waals surface area contributed by atoms with Crippen LogP contribution in [0.15, 0.2) is 18.2 Å². The lowest BCUT2D eigenvalue weighted by atomic mass is 10.2. The fourth-order valence-corrected chi connectivity index (χ4v) is 1.38. The van der Waals surface area contributed by atoms with Gasteiger partial charge in [-0.15, -0.1) is 0 Å². The van der Waals surface area contributed by atoms with Gasteiger partial charge in [-0.25, -0.2) is 0 Å². The highest BCUT2D eigenvalue weighted by Crippen LogP contribution is 2.23. The van der Waals surface area contributed by atoms with Crippen LogP contribution >= 0.6 is 0 Å². The highest BCUT2D eigenvalue weighted by Gasteiger charge is 2.27. The number of alkyl halides is 3. The molecule has 0 radical (unpaired) electrons. The Hall–Kier alpha value is -1.96. The average molecular weight is 292 g/mol. The largest absolute Gasteiger partial charge is 0.497 e. The van der Waals surface area contributed by atoms with E-state index in [4.69, 9.17) is 15.2 Å². The van der Waals surface area contributed by atoms with Crippen molar-refractivity contribution < 1.29 is 27.4 Å². The van der Waals surface area contributed by atoms with Gasteiger partial charge in [0.05, 0.1) is 7.11 Å². The molecular formula is C12H15F3N2O3. The Balaban J connectivity index is 2.55. The van der Waals surface area contributed by atoms with E-state index in [2.05, 4.69) is 0 Å². The Kier molecular flexibility index (Phi) is 5.63. The molecule has 1 amide bonds. The van der Waals surface area contributed by atoms with Gasteiger partial charge in [-0.1, -0.05) is 0 Å². The summed E-state index contributed by atoms with van der Waals surface area (Å²) >= 11 is 0. The van der Waals surface area contributed by atoms with Gasteiger partial charge in [-0.3, -0.25) is 4.79 Å². The third-order valence-corrected chi connectivity index (χ3v) is 2.33. The number of carbonyl (C=O) groups excluding carboxylic acids is 1. The molecule has 0 atom stereocenters. The van der Waals surface area contributed by atoms with E-state index in [9.17, 15) is 18.0 Å². The van der Waals surface area contributed by atoms with Gasteiger partial charge in [-0.05, 0) is 18.2 Å². The quantitative estimate of drug-likeness (QED) is 0.826. The summed E-state index contributed by atoms with van der Waals surface area (Å²) in [6, 6.07) is 4.77. The molecule has 0 heterocycles. The molecule has 0 unspecified atom stereocenters. The topological polar surface area (TPSA) is 73.6 Å². The molecule has 20 heavy (non-hydrogen) atoms. The summed E-state index contributed by atoms with van der Waals surface area (Å²) in [5.41, 5.74) is 6.10. The highest BCUT2D eigenvalue weighted by atomic mass is 19.4. The molecule has 0 fully saturated rings. The zero-order valence-electron chi connectivity index (χ0n) is 10.8. The van der Waals surface area contributed by atoms with Crippen LogP contribution in [0.25, 0.3) is 0 Å². The standard InChI is InChI=1S/C12H15F3N2O3/c1-19-9-2-3-10(8(4-9)5-16)20-6-11(18)17-7-12(13,14)15/h2-4H,5-7,16H2,1H3,(H,17,18). The Bertz CT molecular complexity index is 464. The minimum Gasteiger partial charge on any atom is -0.497 e. The van der Waals surface area contributed by atoms with Crippen LogP contribution in [0.5, 0.6) is 11.5 Å². The van der Waals surface area contributed by atoms with Crippen molar-refractivity contribution in [2.45, 2.75) is 12.7 Å². The Morgan fingerprint density at radius 1 is 1.40 bits per heavy atom. The van der Waals surface area contributed by atoms with E-state index in [0.29, 0.717) is 17.1 Å². The summed E-state index contributed by atoms with van der Waals surface area (Å²) in [6.07, 6.45) is -4.45. The van der Waals surface area contributed by atoms with Crippen molar-refractivity contribution in [3.8, 4) is 11.5 Å². The van der Waals surface area contributed by atoms with Crippen molar-refractivity contribution in [3.63, 3.8) is 0 Å². The molecule has 0 aliphatic carbocycles. The van der Waals surface area contributed by atoms with Crippen LogP contribution in [0.2, 0.25) is 0 Å². The molecule has 3 N–H and O–H groups in total. The maximum atomic E-state index is 11.9. The zero-order valence-corrected chi connectivity index (χ0v) is 10.8. The van der Waals surface area contributed by atoms with E-state index < -0.39 is 25.2 Å². The molecule has 1 aromatic carbocycles. The van der Waals surface area contributed by atoms with Crippen molar-refractivity contribution >= 4 is 5.91 Å². The van der Waals surface area contributed by atoms with Crippen molar-refractivity contribution in [3.05, 3.63) is 23.8 Å². The smallest absolute Gasteiger partial charge is 0.405 e. The first-order valence-electron chi connectivity index (χ1n) is 5.69. The van der Waals surface area contributed by atoms with Gasteiger partial charge in [0.25, 0.3) is 5.91 Å². The third kappa shape index (κ3) is 5.35. The first-order chi connectivity index (χ1) is 9.35. The third-order valence-electron chi connectivity index (χ3n) is 2.33. The second-order valence-electron chi connectivity index (χ2n) is 3.86. The Labute approximate surface area is 113 Å². The minimum atomic E-state index is -4.45. The highest BCUT2D eigenvalue weighted by molar-refractivity contribution is 5.77. The van der Waals surface area contributed by atoms with Crippen LogP contribution in [0, 0.1) is 0 Å². The summed E-state index contributed by atoms with van der Waals surface area (Å²) < 4.78 is 45.8. The first-order valence-corrected chi connectivity index (χ1v) is 5.69. The van der Waals surface area contributed by atoms with E-state index in [1.54, 1.807) is 17.4 Å². The number of benzene rings is 1. The fraction of sp³-hybridized carbons (Fsp3) is 0.417. The molecule has 0 aromatic heterocycles. The Morgan fingerprint density at radius 2 is 2.10 bits per heavy atom. The second kappa shape index (κ2) is 6.99. The van der Waals surface area contributed by atoms with Crippen LogP contribution in [-0.2, 0) is 11.3 Å². The second-order valence-corrected chi connectivity index (χ2v) is 3.86. The normalized spacial score (nSPS) is 11.1. The van der Waals surface area contributed by atoms with Crippen molar-refractivity contribution in [1.29, 1.82) is 0 Å². The van der Waals surface area contributed by atoms with Gasteiger partial charge in [0.15, 0.2) is 6.61 Å². The summed E-state index contributed by atoms with van der Waals surface area (Å²) in [5.74, 6) is 0.0379. The van der Waals surface area contributed by atoms with E-state index in [-0.39, 0.29) is 6.54 Å². The van der Waals surface area contributed by atoms with Crippen LogP contribution in [0.3, 0.4) is 0 Å². The molecule has 0 saturated carbocycles. The van der Waals surface area contributed by atoms with Crippen LogP contribution < -0.4 is 20.5 Å². The molecule has 1 rings (SSSR count).